The molecule has 0 saturated heterocycles. The SMILES string of the molecule is CC(C)Cc1nc(COc2ccc(Br)cc2Cl)no1. The fourth-order valence-electron chi connectivity index (χ4n) is 1.52. The van der Waals surface area contributed by atoms with Crippen LogP contribution in [0.2, 0.25) is 5.02 Å². The monoisotopic (exact) mass is 344 g/mol. The van der Waals surface area contributed by atoms with E-state index in [1.165, 1.54) is 0 Å². The quantitative estimate of drug-likeness (QED) is 0.812. The summed E-state index contributed by atoms with van der Waals surface area (Å²) in [5, 5.41) is 4.41. The lowest BCUT2D eigenvalue weighted by atomic mass is 10.1. The highest BCUT2D eigenvalue weighted by Gasteiger charge is 2.09. The smallest absolute Gasteiger partial charge is 0.227 e. The molecule has 102 valence electrons. The van der Waals surface area contributed by atoms with Crippen LogP contribution in [-0.2, 0) is 13.0 Å². The molecular weight excluding hydrogens is 332 g/mol. The van der Waals surface area contributed by atoms with Crippen LogP contribution in [-0.4, -0.2) is 10.1 Å². The van der Waals surface area contributed by atoms with E-state index in [9.17, 15) is 0 Å². The van der Waals surface area contributed by atoms with E-state index in [1.54, 1.807) is 12.1 Å². The summed E-state index contributed by atoms with van der Waals surface area (Å²) in [6.07, 6.45) is 0.770. The van der Waals surface area contributed by atoms with Gasteiger partial charge in [-0.1, -0.05) is 46.5 Å². The van der Waals surface area contributed by atoms with E-state index in [0.717, 1.165) is 10.9 Å². The molecule has 6 heteroatoms. The van der Waals surface area contributed by atoms with Gasteiger partial charge in [0.25, 0.3) is 0 Å². The Morgan fingerprint density at radius 3 is 2.89 bits per heavy atom. The molecule has 0 atom stereocenters. The van der Waals surface area contributed by atoms with Gasteiger partial charge < -0.3 is 9.26 Å². The Kier molecular flexibility index (Phi) is 4.82. The van der Waals surface area contributed by atoms with Crippen molar-refractivity contribution in [2.75, 3.05) is 0 Å². The molecule has 0 N–H and O–H groups in total. The van der Waals surface area contributed by atoms with Gasteiger partial charge in [-0.2, -0.15) is 4.98 Å². The van der Waals surface area contributed by atoms with Gasteiger partial charge in [0.15, 0.2) is 6.61 Å². The summed E-state index contributed by atoms with van der Waals surface area (Å²) in [5.41, 5.74) is 0. The van der Waals surface area contributed by atoms with Crippen LogP contribution in [0, 0.1) is 5.92 Å². The molecule has 0 saturated carbocycles. The number of rotatable bonds is 5. The van der Waals surface area contributed by atoms with Crippen LogP contribution in [0.25, 0.3) is 0 Å². The Morgan fingerprint density at radius 1 is 1.42 bits per heavy atom. The van der Waals surface area contributed by atoms with Crippen molar-refractivity contribution in [3.63, 3.8) is 0 Å². The lowest BCUT2D eigenvalue weighted by Crippen LogP contribution is -1.99. The Labute approximate surface area is 125 Å². The zero-order chi connectivity index (χ0) is 13.8. The standard InChI is InChI=1S/C13H14BrClN2O2/c1-8(2)5-13-16-12(17-19-13)7-18-11-4-3-9(14)6-10(11)15/h3-4,6,8H,5,7H2,1-2H3. The van der Waals surface area contributed by atoms with Crippen molar-refractivity contribution in [1.29, 1.82) is 0 Å². The number of hydrogen-bond acceptors (Lipinski definition) is 4. The fraction of sp³-hybridized carbons (Fsp3) is 0.385. The van der Waals surface area contributed by atoms with E-state index >= 15 is 0 Å². The third kappa shape index (κ3) is 4.21. The number of ether oxygens (including phenoxy) is 1. The van der Waals surface area contributed by atoms with Crippen molar-refractivity contribution in [1.82, 2.24) is 10.1 Å². The molecule has 0 aliphatic heterocycles. The summed E-state index contributed by atoms with van der Waals surface area (Å²) >= 11 is 9.39. The first kappa shape index (κ1) is 14.3. The summed E-state index contributed by atoms with van der Waals surface area (Å²) in [6, 6.07) is 5.43. The van der Waals surface area contributed by atoms with Crippen LogP contribution in [0.5, 0.6) is 5.75 Å². The van der Waals surface area contributed by atoms with Crippen LogP contribution in [0.3, 0.4) is 0 Å². The van der Waals surface area contributed by atoms with Gasteiger partial charge in [-0.15, -0.1) is 0 Å². The van der Waals surface area contributed by atoms with E-state index in [-0.39, 0.29) is 6.61 Å². The first-order valence-corrected chi connectivity index (χ1v) is 7.11. The van der Waals surface area contributed by atoms with Crippen molar-refractivity contribution in [3.05, 3.63) is 39.4 Å². The number of nitrogens with zero attached hydrogens (tertiary/aromatic N) is 2. The van der Waals surface area contributed by atoms with Crippen molar-refractivity contribution in [2.45, 2.75) is 26.9 Å². The summed E-state index contributed by atoms with van der Waals surface area (Å²) in [4.78, 5) is 4.26. The van der Waals surface area contributed by atoms with Crippen molar-refractivity contribution < 1.29 is 9.26 Å². The second-order valence-corrected chi connectivity index (χ2v) is 5.89. The van der Waals surface area contributed by atoms with Crippen LogP contribution < -0.4 is 4.74 Å². The van der Waals surface area contributed by atoms with Gasteiger partial charge in [0.1, 0.15) is 5.75 Å². The molecule has 1 aromatic carbocycles. The Hall–Kier alpha value is -1.07. The first-order valence-electron chi connectivity index (χ1n) is 5.94. The van der Waals surface area contributed by atoms with Crippen LogP contribution in [0.15, 0.2) is 27.2 Å². The topological polar surface area (TPSA) is 48.2 Å². The fourth-order valence-corrected chi connectivity index (χ4v) is 2.24. The van der Waals surface area contributed by atoms with Crippen molar-refractivity contribution >= 4 is 27.5 Å². The second kappa shape index (κ2) is 6.39. The third-order valence-corrected chi connectivity index (χ3v) is 3.13. The normalized spacial score (nSPS) is 11.0. The summed E-state index contributed by atoms with van der Waals surface area (Å²) in [7, 11) is 0. The molecular formula is C13H14BrClN2O2. The predicted octanol–water partition coefficient (Wildman–Crippen LogP) is 4.26. The molecule has 19 heavy (non-hydrogen) atoms. The zero-order valence-corrected chi connectivity index (χ0v) is 13.0. The van der Waals surface area contributed by atoms with Crippen LogP contribution in [0.1, 0.15) is 25.6 Å². The molecule has 2 rings (SSSR count). The number of benzene rings is 1. The largest absolute Gasteiger partial charge is 0.484 e. The predicted molar refractivity (Wildman–Crippen MR) is 76.3 cm³/mol. The van der Waals surface area contributed by atoms with Gasteiger partial charge >= 0.3 is 0 Å². The minimum absolute atomic E-state index is 0.239. The molecule has 1 heterocycles. The Balaban J connectivity index is 1.96. The number of halogens is 2. The van der Waals surface area contributed by atoms with E-state index in [0.29, 0.717) is 28.4 Å². The molecule has 0 unspecified atom stereocenters. The molecule has 0 bridgehead atoms. The van der Waals surface area contributed by atoms with E-state index in [4.69, 9.17) is 20.9 Å². The Morgan fingerprint density at radius 2 is 2.21 bits per heavy atom. The lowest BCUT2D eigenvalue weighted by molar-refractivity contribution is 0.284. The maximum Gasteiger partial charge on any atom is 0.227 e. The van der Waals surface area contributed by atoms with Gasteiger partial charge in [-0.05, 0) is 24.1 Å². The van der Waals surface area contributed by atoms with Crippen LogP contribution >= 0.6 is 27.5 Å². The highest BCUT2D eigenvalue weighted by Crippen LogP contribution is 2.28. The zero-order valence-electron chi connectivity index (χ0n) is 10.7. The van der Waals surface area contributed by atoms with Gasteiger partial charge in [0, 0.05) is 10.9 Å². The molecule has 0 fully saturated rings. The van der Waals surface area contributed by atoms with Gasteiger partial charge in [0.2, 0.25) is 11.7 Å². The van der Waals surface area contributed by atoms with Gasteiger partial charge in [-0.25, -0.2) is 0 Å². The van der Waals surface area contributed by atoms with Crippen LogP contribution in [0.4, 0.5) is 0 Å². The van der Waals surface area contributed by atoms with Crippen molar-refractivity contribution in [2.24, 2.45) is 5.92 Å². The number of hydrogen-bond donors (Lipinski definition) is 0. The number of aromatic nitrogens is 2. The molecule has 4 nitrogen and oxygen atoms in total. The maximum atomic E-state index is 6.05. The lowest BCUT2D eigenvalue weighted by Gasteiger charge is -2.05. The van der Waals surface area contributed by atoms with E-state index in [2.05, 4.69) is 39.9 Å². The average molecular weight is 346 g/mol. The molecule has 2 aromatic rings. The van der Waals surface area contributed by atoms with E-state index < -0.39 is 0 Å². The molecule has 0 amide bonds. The molecule has 0 aliphatic rings. The molecule has 1 aromatic heterocycles. The Bertz CT molecular complexity index is 557. The minimum atomic E-state index is 0.239. The van der Waals surface area contributed by atoms with E-state index in [1.807, 2.05) is 6.07 Å². The van der Waals surface area contributed by atoms with Gasteiger partial charge in [0.05, 0.1) is 5.02 Å². The second-order valence-electron chi connectivity index (χ2n) is 4.57. The molecule has 0 spiro atoms. The molecule has 0 radical (unpaired) electrons. The summed E-state index contributed by atoms with van der Waals surface area (Å²) in [6.45, 7) is 4.44. The minimum Gasteiger partial charge on any atom is -0.484 e. The highest BCUT2D eigenvalue weighted by atomic mass is 79.9. The highest BCUT2D eigenvalue weighted by molar-refractivity contribution is 9.10. The molecule has 0 aliphatic carbocycles. The first-order chi connectivity index (χ1) is 9.04. The average Bonchev–Trinajstić information content (AvgIpc) is 2.74. The van der Waals surface area contributed by atoms with Gasteiger partial charge in [-0.3, -0.25) is 0 Å². The summed E-state index contributed by atoms with van der Waals surface area (Å²) in [5.74, 6) is 2.24. The maximum absolute atomic E-state index is 6.05. The van der Waals surface area contributed by atoms with Crippen molar-refractivity contribution in [3.8, 4) is 5.75 Å². The third-order valence-electron chi connectivity index (χ3n) is 2.34. The summed E-state index contributed by atoms with van der Waals surface area (Å²) < 4.78 is 11.6.